The zero-order valence-corrected chi connectivity index (χ0v) is 18.7. The molecule has 2 aromatic rings. The van der Waals surface area contributed by atoms with E-state index in [1.165, 1.54) is 0 Å². The molecular formula is C20H29ClN2O3Si. The number of ether oxygens (including phenoxy) is 1. The van der Waals surface area contributed by atoms with E-state index in [1.807, 2.05) is 30.3 Å². The third-order valence-electron chi connectivity index (χ3n) is 5.15. The molecule has 0 saturated carbocycles. The molecule has 5 nitrogen and oxygen atoms in total. The Hall–Kier alpha value is -1.63. The molecule has 0 spiro atoms. The van der Waals surface area contributed by atoms with Crippen LogP contribution in [0, 0.1) is 0 Å². The molecule has 0 N–H and O–H groups in total. The van der Waals surface area contributed by atoms with Gasteiger partial charge in [0.1, 0.15) is 0 Å². The van der Waals surface area contributed by atoms with Crippen LogP contribution in [0.3, 0.4) is 0 Å². The summed E-state index contributed by atoms with van der Waals surface area (Å²) in [6, 6.07) is 9.71. The van der Waals surface area contributed by atoms with Crippen molar-refractivity contribution in [2.45, 2.75) is 51.9 Å². The minimum absolute atomic E-state index is 0.0881. The fourth-order valence-corrected chi connectivity index (χ4v) is 3.71. The molecule has 7 heteroatoms. The van der Waals surface area contributed by atoms with Gasteiger partial charge < -0.3 is 13.7 Å². The highest BCUT2D eigenvalue weighted by Gasteiger charge is 2.38. The lowest BCUT2D eigenvalue weighted by molar-refractivity contribution is 0.0511. The Morgan fingerprint density at radius 2 is 1.89 bits per heavy atom. The molecule has 27 heavy (non-hydrogen) atoms. The Morgan fingerprint density at radius 3 is 2.44 bits per heavy atom. The molecule has 0 fully saturated rings. The van der Waals surface area contributed by atoms with Gasteiger partial charge in [-0.1, -0.05) is 62.7 Å². The Kier molecular flexibility index (Phi) is 6.89. The molecule has 1 atom stereocenters. The second-order valence-electron chi connectivity index (χ2n) is 8.01. The molecule has 1 aromatic heterocycles. The molecule has 148 valence electrons. The summed E-state index contributed by atoms with van der Waals surface area (Å²) in [4.78, 5) is 16.6. The third-order valence-corrected chi connectivity index (χ3v) is 9.92. The Morgan fingerprint density at radius 1 is 1.26 bits per heavy atom. The number of carbonyl (C=O) groups is 1. The zero-order chi connectivity index (χ0) is 20.2. The van der Waals surface area contributed by atoms with Crippen LogP contribution in [0.25, 0.3) is 0 Å². The highest BCUT2D eigenvalue weighted by Crippen LogP contribution is 2.37. The maximum Gasteiger partial charge on any atom is 0.358 e. The van der Waals surface area contributed by atoms with E-state index in [-0.39, 0.29) is 28.5 Å². The maximum absolute atomic E-state index is 12.4. The number of rotatable bonds is 7. The number of aromatic nitrogens is 2. The van der Waals surface area contributed by atoms with Crippen LogP contribution in [-0.2, 0) is 9.16 Å². The third kappa shape index (κ3) is 5.00. The van der Waals surface area contributed by atoms with E-state index in [4.69, 9.17) is 20.8 Å². The summed E-state index contributed by atoms with van der Waals surface area (Å²) in [7, 11) is -1.97. The van der Waals surface area contributed by atoms with Crippen LogP contribution < -0.4 is 0 Å². The van der Waals surface area contributed by atoms with Crippen LogP contribution in [0.2, 0.25) is 23.3 Å². The zero-order valence-electron chi connectivity index (χ0n) is 17.0. The van der Waals surface area contributed by atoms with Crippen LogP contribution in [0.5, 0.6) is 0 Å². The largest absolute Gasteiger partial charge is 0.461 e. The Labute approximate surface area is 167 Å². The number of hydrogen-bond donors (Lipinski definition) is 0. The molecule has 1 heterocycles. The topological polar surface area (TPSA) is 53.3 Å². The van der Waals surface area contributed by atoms with Gasteiger partial charge in [-0.2, -0.15) is 0 Å². The van der Waals surface area contributed by atoms with Crippen LogP contribution in [0.15, 0.2) is 36.7 Å². The van der Waals surface area contributed by atoms with Crippen molar-refractivity contribution in [2.75, 3.05) is 13.2 Å². The average molecular weight is 409 g/mol. The number of hydrogen-bond acceptors (Lipinski definition) is 4. The first kappa shape index (κ1) is 21.7. The monoisotopic (exact) mass is 408 g/mol. The number of carbonyl (C=O) groups excluding carboxylic acids is 1. The van der Waals surface area contributed by atoms with Crippen molar-refractivity contribution < 1.29 is 14.0 Å². The molecule has 1 aromatic carbocycles. The summed E-state index contributed by atoms with van der Waals surface area (Å²) in [6.45, 7) is 13.5. The summed E-state index contributed by atoms with van der Waals surface area (Å²) in [5.41, 5.74) is 1.28. The predicted molar refractivity (Wildman–Crippen MR) is 111 cm³/mol. The van der Waals surface area contributed by atoms with Crippen molar-refractivity contribution in [3.63, 3.8) is 0 Å². The average Bonchev–Trinajstić information content (AvgIpc) is 2.96. The molecule has 1 unspecified atom stereocenters. The van der Waals surface area contributed by atoms with Gasteiger partial charge in [-0.05, 0) is 30.6 Å². The van der Waals surface area contributed by atoms with Crippen LogP contribution in [0.1, 0.15) is 49.8 Å². The lowest BCUT2D eigenvalue weighted by Crippen LogP contribution is -2.42. The second-order valence-corrected chi connectivity index (χ2v) is 13.2. The number of nitrogens with zero attached hydrogens (tertiary/aromatic N) is 2. The van der Waals surface area contributed by atoms with Crippen LogP contribution >= 0.6 is 11.6 Å². The standard InChI is InChI=1S/C20H29ClN2O3Si/c1-7-25-19(24)17-18(21)22-14-23(17)16(15-11-9-8-10-12-15)13-26-27(5,6)20(2,3)4/h8-12,14,16H,7,13H2,1-6H3. The SMILES string of the molecule is CCOC(=O)c1c(Cl)ncn1C(CO[Si](C)(C)C(C)(C)C)c1ccccc1. The molecule has 0 saturated heterocycles. The molecule has 0 aliphatic carbocycles. The van der Waals surface area contributed by atoms with Crippen LogP contribution in [-0.4, -0.2) is 37.1 Å². The summed E-state index contributed by atoms with van der Waals surface area (Å²) in [5.74, 6) is -0.478. The number of imidazole rings is 1. The summed E-state index contributed by atoms with van der Waals surface area (Å²) >= 11 is 6.20. The van der Waals surface area contributed by atoms with Crippen molar-refractivity contribution in [1.29, 1.82) is 0 Å². The normalized spacial score (nSPS) is 13.4. The first-order valence-electron chi connectivity index (χ1n) is 9.17. The van der Waals surface area contributed by atoms with Crippen molar-refractivity contribution in [3.8, 4) is 0 Å². The highest BCUT2D eigenvalue weighted by molar-refractivity contribution is 6.74. The van der Waals surface area contributed by atoms with Crippen molar-refractivity contribution >= 4 is 25.9 Å². The Balaban J connectivity index is 2.43. The van der Waals surface area contributed by atoms with E-state index in [2.05, 4.69) is 38.8 Å². The van der Waals surface area contributed by atoms with Gasteiger partial charge in [-0.15, -0.1) is 0 Å². The molecule has 0 amide bonds. The molecule has 0 aliphatic rings. The second kappa shape index (κ2) is 8.58. The van der Waals surface area contributed by atoms with Gasteiger partial charge in [-0.25, -0.2) is 9.78 Å². The number of halogens is 1. The van der Waals surface area contributed by atoms with Crippen molar-refractivity contribution in [2.24, 2.45) is 0 Å². The molecule has 0 aliphatic heterocycles. The van der Waals surface area contributed by atoms with Gasteiger partial charge in [0.15, 0.2) is 19.2 Å². The predicted octanol–water partition coefficient (Wildman–Crippen LogP) is 5.32. The van der Waals surface area contributed by atoms with Gasteiger partial charge in [0.25, 0.3) is 0 Å². The minimum Gasteiger partial charge on any atom is -0.461 e. The molecule has 2 rings (SSSR count). The maximum atomic E-state index is 12.4. The van der Waals surface area contributed by atoms with E-state index in [0.717, 1.165) is 5.56 Å². The van der Waals surface area contributed by atoms with E-state index in [1.54, 1.807) is 17.8 Å². The summed E-state index contributed by atoms with van der Waals surface area (Å²) in [6.07, 6.45) is 1.58. The van der Waals surface area contributed by atoms with Crippen LogP contribution in [0.4, 0.5) is 0 Å². The first-order chi connectivity index (χ1) is 12.6. The van der Waals surface area contributed by atoms with Gasteiger partial charge >= 0.3 is 5.97 Å². The molecule has 0 radical (unpaired) electrons. The Bertz CT molecular complexity index is 769. The summed E-state index contributed by atoms with van der Waals surface area (Å²) < 4.78 is 13.4. The lowest BCUT2D eigenvalue weighted by atomic mass is 10.1. The van der Waals surface area contributed by atoms with Gasteiger partial charge in [0, 0.05) is 0 Å². The van der Waals surface area contributed by atoms with Crippen molar-refractivity contribution in [1.82, 2.24) is 9.55 Å². The fourth-order valence-electron chi connectivity index (χ4n) is 2.48. The molecular weight excluding hydrogens is 380 g/mol. The number of benzene rings is 1. The molecule has 0 bridgehead atoms. The minimum atomic E-state index is -1.97. The number of esters is 1. The summed E-state index contributed by atoms with van der Waals surface area (Å²) in [5, 5.41) is 0.229. The van der Waals surface area contributed by atoms with Gasteiger partial charge in [0.2, 0.25) is 0 Å². The highest BCUT2D eigenvalue weighted by atomic mass is 35.5. The van der Waals surface area contributed by atoms with Gasteiger partial charge in [-0.3, -0.25) is 0 Å². The lowest BCUT2D eigenvalue weighted by Gasteiger charge is -2.37. The van der Waals surface area contributed by atoms with E-state index in [9.17, 15) is 4.79 Å². The quantitative estimate of drug-likeness (QED) is 0.459. The van der Waals surface area contributed by atoms with Crippen molar-refractivity contribution in [3.05, 3.63) is 53.1 Å². The van der Waals surface area contributed by atoms with E-state index >= 15 is 0 Å². The smallest absolute Gasteiger partial charge is 0.358 e. The van der Waals surface area contributed by atoms with E-state index < -0.39 is 14.3 Å². The fraction of sp³-hybridized carbons (Fsp3) is 0.500. The van der Waals surface area contributed by atoms with E-state index in [0.29, 0.717) is 6.61 Å². The first-order valence-corrected chi connectivity index (χ1v) is 12.5. The van der Waals surface area contributed by atoms with Gasteiger partial charge in [0.05, 0.1) is 25.6 Å².